The van der Waals surface area contributed by atoms with Crippen LogP contribution in [-0.4, -0.2) is 38.9 Å². The van der Waals surface area contributed by atoms with E-state index in [1.807, 2.05) is 30.3 Å². The van der Waals surface area contributed by atoms with Crippen LogP contribution in [0.3, 0.4) is 0 Å². The fourth-order valence-electron chi connectivity index (χ4n) is 4.15. The molecule has 0 radical (unpaired) electrons. The molecule has 6 heteroatoms. The third kappa shape index (κ3) is 2.71. The summed E-state index contributed by atoms with van der Waals surface area (Å²) in [6.45, 7) is 5.39. The first-order chi connectivity index (χ1) is 12.8. The lowest BCUT2D eigenvalue weighted by molar-refractivity contribution is -1.04. The van der Waals surface area contributed by atoms with Crippen molar-refractivity contribution in [2.45, 2.75) is 12.8 Å². The molecule has 1 atom stereocenters. The summed E-state index contributed by atoms with van der Waals surface area (Å²) >= 11 is 0. The second-order valence-corrected chi connectivity index (χ2v) is 7.15. The Morgan fingerprint density at radius 3 is 2.65 bits per heavy atom. The van der Waals surface area contributed by atoms with E-state index in [1.165, 1.54) is 10.5 Å². The van der Waals surface area contributed by atoms with Crippen LogP contribution in [0.2, 0.25) is 0 Å². The van der Waals surface area contributed by atoms with E-state index in [1.54, 1.807) is 4.90 Å². The molecule has 1 fully saturated rings. The highest BCUT2D eigenvalue weighted by molar-refractivity contribution is 5.93. The van der Waals surface area contributed by atoms with Crippen LogP contribution in [0, 0.1) is 0 Å². The number of benzene rings is 2. The minimum Gasteiger partial charge on any atom is -0.454 e. The first kappa shape index (κ1) is 15.7. The summed E-state index contributed by atoms with van der Waals surface area (Å²) in [4.78, 5) is 14.9. The summed E-state index contributed by atoms with van der Waals surface area (Å²) in [5, 5.41) is 0. The molecule has 134 valence electrons. The smallest absolute Gasteiger partial charge is 0.343 e. The van der Waals surface area contributed by atoms with Gasteiger partial charge in [-0.05, 0) is 30.3 Å². The van der Waals surface area contributed by atoms with E-state index < -0.39 is 0 Å². The number of quaternary nitrogens is 2. The molecule has 0 aromatic heterocycles. The molecule has 0 amide bonds. The first-order valence-corrected chi connectivity index (χ1v) is 9.14. The monoisotopic (exact) mass is 354 g/mol. The predicted molar refractivity (Wildman–Crippen MR) is 92.3 cm³/mol. The standard InChI is InChI=1S/C20H20N2O4/c23-20-16-4-2-1-3-15(16)19(26-20)22-9-7-21(8-10-22)12-14-5-6-17-18(11-14)25-13-24-17/h1-6,11,19H,7-10,12-13H2/p+2/t19-/m1/s1. The highest BCUT2D eigenvalue weighted by Gasteiger charge is 2.40. The van der Waals surface area contributed by atoms with Crippen molar-refractivity contribution in [3.63, 3.8) is 0 Å². The summed E-state index contributed by atoms with van der Waals surface area (Å²) < 4.78 is 16.5. The molecule has 5 rings (SSSR count). The van der Waals surface area contributed by atoms with Crippen molar-refractivity contribution >= 4 is 5.97 Å². The Labute approximate surface area is 151 Å². The average molecular weight is 354 g/mol. The molecule has 0 saturated carbocycles. The van der Waals surface area contributed by atoms with Crippen LogP contribution in [0.25, 0.3) is 0 Å². The van der Waals surface area contributed by atoms with Crippen LogP contribution < -0.4 is 19.3 Å². The minimum atomic E-state index is -0.187. The van der Waals surface area contributed by atoms with E-state index >= 15 is 0 Å². The number of fused-ring (bicyclic) bond motifs is 2. The van der Waals surface area contributed by atoms with Gasteiger partial charge in [-0.2, -0.15) is 0 Å². The third-order valence-corrected chi connectivity index (χ3v) is 5.55. The van der Waals surface area contributed by atoms with Gasteiger partial charge in [-0.15, -0.1) is 0 Å². The fraction of sp³-hybridized carbons (Fsp3) is 0.350. The highest BCUT2D eigenvalue weighted by Crippen LogP contribution is 2.32. The van der Waals surface area contributed by atoms with Crippen molar-refractivity contribution in [1.29, 1.82) is 0 Å². The number of nitrogens with one attached hydrogen (secondary N) is 2. The molecule has 2 aromatic carbocycles. The predicted octanol–water partition coefficient (Wildman–Crippen LogP) is -0.432. The van der Waals surface area contributed by atoms with Crippen molar-refractivity contribution in [3.05, 3.63) is 59.2 Å². The Hall–Kier alpha value is -2.57. The van der Waals surface area contributed by atoms with Gasteiger partial charge in [0.1, 0.15) is 32.7 Å². The highest BCUT2D eigenvalue weighted by atomic mass is 16.7. The maximum absolute atomic E-state index is 12.1. The van der Waals surface area contributed by atoms with Crippen LogP contribution in [-0.2, 0) is 11.3 Å². The Balaban J connectivity index is 1.22. The zero-order valence-corrected chi connectivity index (χ0v) is 14.5. The van der Waals surface area contributed by atoms with Crippen molar-refractivity contribution in [2.75, 3.05) is 33.0 Å². The lowest BCUT2D eigenvalue weighted by Gasteiger charge is -2.32. The molecular formula is C20H22N2O4+2. The Morgan fingerprint density at radius 1 is 0.962 bits per heavy atom. The van der Waals surface area contributed by atoms with E-state index in [-0.39, 0.29) is 12.2 Å². The van der Waals surface area contributed by atoms with E-state index in [4.69, 9.17) is 14.2 Å². The average Bonchev–Trinajstić information content (AvgIpc) is 3.27. The van der Waals surface area contributed by atoms with Crippen LogP contribution in [0.1, 0.15) is 27.7 Å². The third-order valence-electron chi connectivity index (χ3n) is 5.55. The van der Waals surface area contributed by atoms with Gasteiger partial charge in [0.05, 0.1) is 11.1 Å². The van der Waals surface area contributed by atoms with Gasteiger partial charge in [-0.25, -0.2) is 4.79 Å². The quantitative estimate of drug-likeness (QED) is 0.735. The van der Waals surface area contributed by atoms with Gasteiger partial charge in [0, 0.05) is 5.56 Å². The summed E-state index contributed by atoms with van der Waals surface area (Å²) in [6, 6.07) is 14.0. The van der Waals surface area contributed by atoms with Gasteiger partial charge in [0.2, 0.25) is 6.79 Å². The number of rotatable bonds is 3. The SMILES string of the molecule is O=C1O[C@@H]([NH+]2CC[NH+](Cc3ccc4c(c3)OCO4)CC2)c2ccccc21. The Morgan fingerprint density at radius 2 is 1.77 bits per heavy atom. The number of cyclic esters (lactones) is 1. The number of esters is 1. The van der Waals surface area contributed by atoms with Crippen molar-refractivity contribution < 1.29 is 28.8 Å². The van der Waals surface area contributed by atoms with Gasteiger partial charge in [0.25, 0.3) is 6.23 Å². The number of ether oxygens (including phenoxy) is 3. The number of hydrogen-bond acceptors (Lipinski definition) is 4. The molecule has 0 unspecified atom stereocenters. The second kappa shape index (κ2) is 6.30. The first-order valence-electron chi connectivity index (χ1n) is 9.14. The number of carbonyl (C=O) groups excluding carboxylic acids is 1. The number of hydrogen-bond donors (Lipinski definition) is 2. The molecule has 0 aliphatic carbocycles. The molecular weight excluding hydrogens is 332 g/mol. The molecule has 2 aromatic rings. The summed E-state index contributed by atoms with van der Waals surface area (Å²) in [5.41, 5.74) is 3.03. The molecule has 26 heavy (non-hydrogen) atoms. The van der Waals surface area contributed by atoms with Crippen molar-refractivity contribution in [3.8, 4) is 11.5 Å². The van der Waals surface area contributed by atoms with Crippen LogP contribution in [0.5, 0.6) is 11.5 Å². The molecule has 6 nitrogen and oxygen atoms in total. The number of piperazine rings is 1. The van der Waals surface area contributed by atoms with E-state index in [0.29, 0.717) is 6.79 Å². The Bertz CT molecular complexity index is 845. The molecule has 3 aliphatic heterocycles. The molecule has 2 N–H and O–H groups in total. The van der Waals surface area contributed by atoms with Gasteiger partial charge < -0.3 is 19.1 Å². The summed E-state index contributed by atoms with van der Waals surface area (Å²) in [5.74, 6) is 1.49. The molecule has 3 heterocycles. The summed E-state index contributed by atoms with van der Waals surface area (Å²) in [7, 11) is 0. The normalized spacial score (nSPS) is 26.5. The van der Waals surface area contributed by atoms with Crippen LogP contribution >= 0.6 is 0 Å². The lowest BCUT2D eigenvalue weighted by Crippen LogP contribution is -3.27. The molecule has 0 bridgehead atoms. The van der Waals surface area contributed by atoms with Gasteiger partial charge in [-0.1, -0.05) is 12.1 Å². The zero-order chi connectivity index (χ0) is 17.5. The van der Waals surface area contributed by atoms with Crippen molar-refractivity contribution in [2.24, 2.45) is 0 Å². The van der Waals surface area contributed by atoms with Crippen LogP contribution in [0.15, 0.2) is 42.5 Å². The van der Waals surface area contributed by atoms with E-state index in [9.17, 15) is 4.79 Å². The fourth-order valence-corrected chi connectivity index (χ4v) is 4.15. The van der Waals surface area contributed by atoms with Gasteiger partial charge in [-0.3, -0.25) is 4.90 Å². The largest absolute Gasteiger partial charge is 0.454 e. The zero-order valence-electron chi connectivity index (χ0n) is 14.5. The van der Waals surface area contributed by atoms with Crippen LogP contribution in [0.4, 0.5) is 0 Å². The van der Waals surface area contributed by atoms with Gasteiger partial charge >= 0.3 is 5.97 Å². The van der Waals surface area contributed by atoms with E-state index in [2.05, 4.69) is 12.1 Å². The van der Waals surface area contributed by atoms with Gasteiger partial charge in [0.15, 0.2) is 11.5 Å². The maximum Gasteiger partial charge on any atom is 0.343 e. The molecule has 3 aliphatic rings. The second-order valence-electron chi connectivity index (χ2n) is 7.15. The number of carbonyl (C=O) groups is 1. The minimum absolute atomic E-state index is 0.147. The molecule has 0 spiro atoms. The maximum atomic E-state index is 12.1. The lowest BCUT2D eigenvalue weighted by atomic mass is 10.1. The molecule has 1 saturated heterocycles. The van der Waals surface area contributed by atoms with Crippen molar-refractivity contribution in [1.82, 2.24) is 0 Å². The summed E-state index contributed by atoms with van der Waals surface area (Å²) in [6.07, 6.45) is -0.147. The Kier molecular flexibility index (Phi) is 3.80. The topological polar surface area (TPSA) is 53.6 Å². The van der Waals surface area contributed by atoms with E-state index in [0.717, 1.165) is 55.3 Å².